The van der Waals surface area contributed by atoms with Crippen LogP contribution < -0.4 is 5.32 Å². The third-order valence-corrected chi connectivity index (χ3v) is 4.76. The first-order valence-electron chi connectivity index (χ1n) is 6.94. The third-order valence-electron chi connectivity index (χ3n) is 3.60. The van der Waals surface area contributed by atoms with Crippen LogP contribution in [0.3, 0.4) is 0 Å². The highest BCUT2D eigenvalue weighted by Gasteiger charge is 2.34. The smallest absolute Gasteiger partial charge is 0.382 e. The highest BCUT2D eigenvalue weighted by Crippen LogP contribution is 2.45. The van der Waals surface area contributed by atoms with Crippen LogP contribution in [0.25, 0.3) is 5.57 Å². The van der Waals surface area contributed by atoms with Crippen molar-refractivity contribution in [2.24, 2.45) is 5.92 Å². The normalized spacial score (nSPS) is 20.9. The Kier molecular flexibility index (Phi) is 3.80. The summed E-state index contributed by atoms with van der Waals surface area (Å²) in [7, 11) is 1.67. The highest BCUT2D eigenvalue weighted by molar-refractivity contribution is 8.08. The number of benzene rings is 1. The van der Waals surface area contributed by atoms with E-state index in [1.165, 1.54) is 17.8 Å². The number of allylic oxidation sites excluding steroid dienone is 3. The number of hydrogen-bond acceptors (Lipinski definition) is 3. The number of thioether (sulfide) groups is 1. The first kappa shape index (κ1) is 15.2. The lowest BCUT2D eigenvalue weighted by Gasteiger charge is -2.09. The maximum atomic E-state index is 12.9. The number of Topliss-reactive ketones (excluding diaryl/α,β-unsaturated/α-hetero) is 1. The molecule has 2 nitrogen and oxygen atoms in total. The average molecular weight is 325 g/mol. The van der Waals surface area contributed by atoms with E-state index >= 15 is 0 Å². The summed E-state index contributed by atoms with van der Waals surface area (Å²) in [6.07, 6.45) is -0.334. The zero-order chi connectivity index (χ0) is 15.9. The SMILES string of the molecule is CNC1=C(c2cccc(C(F)(F)F)c2)C(=O)/C(=C\C2CC2)S1. The fraction of sp³-hybridized carbons (Fsp3) is 0.312. The molecule has 22 heavy (non-hydrogen) atoms. The van der Waals surface area contributed by atoms with E-state index in [0.717, 1.165) is 25.0 Å². The van der Waals surface area contributed by atoms with Gasteiger partial charge < -0.3 is 5.32 Å². The summed E-state index contributed by atoms with van der Waals surface area (Å²) in [6, 6.07) is 4.92. The Hall–Kier alpha value is -1.69. The summed E-state index contributed by atoms with van der Waals surface area (Å²) in [4.78, 5) is 13.1. The highest BCUT2D eigenvalue weighted by atomic mass is 32.2. The average Bonchev–Trinajstić information content (AvgIpc) is 3.23. The Bertz CT molecular complexity index is 687. The van der Waals surface area contributed by atoms with Gasteiger partial charge in [0, 0.05) is 7.05 Å². The Labute approximate surface area is 130 Å². The number of alkyl halides is 3. The van der Waals surface area contributed by atoms with Gasteiger partial charge in [0.25, 0.3) is 0 Å². The van der Waals surface area contributed by atoms with E-state index in [4.69, 9.17) is 0 Å². The van der Waals surface area contributed by atoms with Gasteiger partial charge in [-0.2, -0.15) is 13.2 Å². The molecule has 1 aliphatic heterocycles. The van der Waals surface area contributed by atoms with Crippen LogP contribution >= 0.6 is 11.8 Å². The van der Waals surface area contributed by atoms with Gasteiger partial charge in [0.05, 0.1) is 21.1 Å². The van der Waals surface area contributed by atoms with Crippen molar-refractivity contribution in [3.05, 3.63) is 51.4 Å². The van der Waals surface area contributed by atoms with Crippen LogP contribution in [0.5, 0.6) is 0 Å². The predicted octanol–water partition coefficient (Wildman–Crippen LogP) is 4.20. The molecule has 1 saturated carbocycles. The number of carbonyl (C=O) groups is 1. The third kappa shape index (κ3) is 2.92. The van der Waals surface area contributed by atoms with Gasteiger partial charge in [0.15, 0.2) is 0 Å². The summed E-state index contributed by atoms with van der Waals surface area (Å²) >= 11 is 1.30. The molecule has 0 bridgehead atoms. The molecule has 116 valence electrons. The van der Waals surface area contributed by atoms with E-state index in [2.05, 4.69) is 5.32 Å². The van der Waals surface area contributed by atoms with E-state index in [9.17, 15) is 18.0 Å². The van der Waals surface area contributed by atoms with Gasteiger partial charge in [0.1, 0.15) is 0 Å². The van der Waals surface area contributed by atoms with E-state index in [1.807, 2.05) is 6.08 Å². The summed E-state index contributed by atoms with van der Waals surface area (Å²) in [5.41, 5.74) is -0.119. The van der Waals surface area contributed by atoms with E-state index < -0.39 is 11.7 Å². The Morgan fingerprint density at radius 1 is 1.32 bits per heavy atom. The standard InChI is InChI=1S/C16H14F3NOS/c1-20-15-13(14(21)12(22-15)7-9-5-6-9)10-3-2-4-11(8-10)16(17,18)19/h2-4,7-9,20H,5-6H2,1H3/b12-7+. The van der Waals surface area contributed by atoms with Crippen molar-refractivity contribution in [2.75, 3.05) is 7.05 Å². The molecule has 1 fully saturated rings. The van der Waals surface area contributed by atoms with Gasteiger partial charge in [0.2, 0.25) is 5.78 Å². The zero-order valence-electron chi connectivity index (χ0n) is 11.8. The van der Waals surface area contributed by atoms with Crippen molar-refractivity contribution in [2.45, 2.75) is 19.0 Å². The molecule has 1 heterocycles. The van der Waals surface area contributed by atoms with Gasteiger partial charge in [-0.05, 0) is 36.5 Å². The summed E-state index contributed by atoms with van der Waals surface area (Å²) in [6.45, 7) is 0. The van der Waals surface area contributed by atoms with Crippen LogP contribution in [0.4, 0.5) is 13.2 Å². The molecule has 6 heteroatoms. The Balaban J connectivity index is 2.00. The van der Waals surface area contributed by atoms with Crippen LogP contribution in [-0.4, -0.2) is 12.8 Å². The minimum atomic E-state index is -4.42. The number of nitrogens with one attached hydrogen (secondary N) is 1. The maximum Gasteiger partial charge on any atom is 0.416 e. The van der Waals surface area contributed by atoms with E-state index in [0.29, 0.717) is 27.0 Å². The molecule has 0 aromatic heterocycles. The van der Waals surface area contributed by atoms with Crippen molar-refractivity contribution in [3.63, 3.8) is 0 Å². The molecule has 1 aromatic rings. The molecule has 0 saturated heterocycles. The lowest BCUT2D eigenvalue weighted by atomic mass is 9.99. The number of ketones is 1. The van der Waals surface area contributed by atoms with Crippen molar-refractivity contribution in [3.8, 4) is 0 Å². The molecule has 2 aliphatic rings. The van der Waals surface area contributed by atoms with Gasteiger partial charge in [-0.3, -0.25) is 4.79 Å². The van der Waals surface area contributed by atoms with E-state index in [-0.39, 0.29) is 5.78 Å². The minimum Gasteiger partial charge on any atom is -0.382 e. The van der Waals surface area contributed by atoms with Gasteiger partial charge in [-0.15, -0.1) is 0 Å². The molecule has 1 aromatic carbocycles. The summed E-state index contributed by atoms with van der Waals surface area (Å²) < 4.78 is 38.6. The molecule has 0 radical (unpaired) electrons. The van der Waals surface area contributed by atoms with Gasteiger partial charge in [-0.25, -0.2) is 0 Å². The van der Waals surface area contributed by atoms with Gasteiger partial charge >= 0.3 is 6.18 Å². The number of hydrogen-bond donors (Lipinski definition) is 1. The predicted molar refractivity (Wildman–Crippen MR) is 80.8 cm³/mol. The van der Waals surface area contributed by atoms with Crippen molar-refractivity contribution < 1.29 is 18.0 Å². The Morgan fingerprint density at radius 3 is 2.64 bits per heavy atom. The molecule has 1 aliphatic carbocycles. The lowest BCUT2D eigenvalue weighted by Crippen LogP contribution is -2.08. The molecule has 0 amide bonds. The fourth-order valence-corrected chi connectivity index (χ4v) is 3.40. The molecule has 3 rings (SSSR count). The first-order chi connectivity index (χ1) is 10.4. The molecule has 0 spiro atoms. The quantitative estimate of drug-likeness (QED) is 0.845. The number of rotatable bonds is 3. The first-order valence-corrected chi connectivity index (χ1v) is 7.76. The maximum absolute atomic E-state index is 12.9. The van der Waals surface area contributed by atoms with Crippen molar-refractivity contribution in [1.82, 2.24) is 5.32 Å². The largest absolute Gasteiger partial charge is 0.416 e. The van der Waals surface area contributed by atoms with Crippen LogP contribution in [0.1, 0.15) is 24.0 Å². The number of carbonyl (C=O) groups excluding carboxylic acids is 1. The van der Waals surface area contributed by atoms with Crippen LogP contribution in [0.2, 0.25) is 0 Å². The van der Waals surface area contributed by atoms with Crippen molar-refractivity contribution >= 4 is 23.1 Å². The monoisotopic (exact) mass is 325 g/mol. The second-order valence-corrected chi connectivity index (χ2v) is 6.38. The number of halogens is 3. The fourth-order valence-electron chi connectivity index (χ4n) is 2.31. The zero-order valence-corrected chi connectivity index (χ0v) is 12.6. The van der Waals surface area contributed by atoms with Crippen LogP contribution in [0, 0.1) is 5.92 Å². The van der Waals surface area contributed by atoms with Crippen molar-refractivity contribution in [1.29, 1.82) is 0 Å². The van der Waals surface area contributed by atoms with Gasteiger partial charge in [-0.1, -0.05) is 30.0 Å². The van der Waals surface area contributed by atoms with E-state index in [1.54, 1.807) is 13.1 Å². The minimum absolute atomic E-state index is 0.194. The molecular formula is C16H14F3NOS. The summed E-state index contributed by atoms with van der Waals surface area (Å²) in [5.74, 6) is 0.242. The van der Waals surface area contributed by atoms with Crippen LogP contribution in [-0.2, 0) is 11.0 Å². The molecule has 1 N–H and O–H groups in total. The summed E-state index contributed by atoms with van der Waals surface area (Å²) in [5, 5.41) is 3.53. The molecule has 0 atom stereocenters. The second-order valence-electron chi connectivity index (χ2n) is 5.33. The molecular weight excluding hydrogens is 311 g/mol. The topological polar surface area (TPSA) is 29.1 Å². The van der Waals surface area contributed by atoms with Crippen LogP contribution in [0.15, 0.2) is 40.3 Å². The lowest BCUT2D eigenvalue weighted by molar-refractivity contribution is -0.137. The molecule has 0 unspecified atom stereocenters. The second kappa shape index (κ2) is 5.50. The Morgan fingerprint density at radius 2 is 2.05 bits per heavy atom.